The van der Waals surface area contributed by atoms with Crippen molar-refractivity contribution in [2.24, 2.45) is 17.1 Å². The van der Waals surface area contributed by atoms with Gasteiger partial charge in [-0.1, -0.05) is 39.5 Å². The molecular weight excluding hydrogens is 366 g/mol. The van der Waals surface area contributed by atoms with Gasteiger partial charge in [0.1, 0.15) is 4.83 Å². The fraction of sp³-hybridized carbons (Fsp3) is 0.632. The van der Waals surface area contributed by atoms with E-state index in [0.29, 0.717) is 17.6 Å². The van der Waals surface area contributed by atoms with Crippen molar-refractivity contribution in [3.8, 4) is 0 Å². The second-order valence-corrected chi connectivity index (χ2v) is 10.4. The first-order valence-corrected chi connectivity index (χ1v) is 10.8. The summed E-state index contributed by atoms with van der Waals surface area (Å²) in [4.78, 5) is 32.1. The molecule has 0 aromatic carbocycles. The van der Waals surface area contributed by atoms with E-state index in [1.807, 2.05) is 27.7 Å². The molecule has 2 aromatic rings. The van der Waals surface area contributed by atoms with Crippen LogP contribution in [-0.2, 0) is 24.2 Å². The Morgan fingerprint density at radius 1 is 1.46 bits per heavy atom. The number of carbonyl (C=O) groups is 1. The lowest BCUT2D eigenvalue weighted by Crippen LogP contribution is -2.37. The highest BCUT2D eigenvalue weighted by Gasteiger charge is 2.33. The first-order valence-electron chi connectivity index (χ1n) is 9.14. The molecule has 1 aliphatic carbocycles. The molecule has 5 nitrogen and oxygen atoms in total. The topological polar surface area (TPSA) is 78.0 Å². The van der Waals surface area contributed by atoms with E-state index >= 15 is 0 Å². The summed E-state index contributed by atoms with van der Waals surface area (Å²) in [6.45, 7) is 10.7. The van der Waals surface area contributed by atoms with E-state index in [1.165, 1.54) is 22.2 Å². The molecule has 1 aliphatic rings. The Morgan fingerprint density at radius 3 is 2.73 bits per heavy atom. The number of hydrogen-bond donors (Lipinski definition) is 1. The molecule has 2 aromatic heterocycles. The summed E-state index contributed by atoms with van der Waals surface area (Å²) in [5.41, 5.74) is 6.54. The zero-order valence-corrected chi connectivity index (χ0v) is 17.7. The summed E-state index contributed by atoms with van der Waals surface area (Å²) in [6, 6.07) is 0. The number of hydrogen-bond acceptors (Lipinski definition) is 5. The summed E-state index contributed by atoms with van der Waals surface area (Å²) in [5, 5.41) is 0.934. The Bertz CT molecular complexity index is 908. The molecule has 0 aliphatic heterocycles. The largest absolute Gasteiger partial charge is 0.369 e. The molecule has 2 heterocycles. The van der Waals surface area contributed by atoms with Crippen molar-refractivity contribution in [2.75, 3.05) is 0 Å². The highest BCUT2D eigenvalue weighted by Crippen LogP contribution is 2.38. The summed E-state index contributed by atoms with van der Waals surface area (Å²) in [5.74, 6) is 0.275. The van der Waals surface area contributed by atoms with Crippen LogP contribution in [0.5, 0.6) is 0 Å². The lowest BCUT2D eigenvalue weighted by atomic mass is 9.89. The molecule has 0 bridgehead atoms. The molecule has 2 N–H and O–H groups in total. The number of nitrogens with two attached hydrogens (primary N) is 1. The van der Waals surface area contributed by atoms with Crippen molar-refractivity contribution in [3.63, 3.8) is 0 Å². The molecular formula is C19H27N3O2S2. The van der Waals surface area contributed by atoms with Gasteiger partial charge in [-0.25, -0.2) is 4.98 Å². The minimum Gasteiger partial charge on any atom is -0.369 e. The van der Waals surface area contributed by atoms with E-state index in [0.717, 1.165) is 29.5 Å². The maximum Gasteiger partial charge on any atom is 0.263 e. The number of fused-ring (bicyclic) bond motifs is 3. The number of rotatable bonds is 4. The highest BCUT2D eigenvalue weighted by atomic mass is 32.2. The second kappa shape index (κ2) is 7.00. The van der Waals surface area contributed by atoms with E-state index < -0.39 is 5.25 Å². The van der Waals surface area contributed by atoms with Crippen molar-refractivity contribution >= 4 is 39.2 Å². The van der Waals surface area contributed by atoms with E-state index in [4.69, 9.17) is 10.7 Å². The first-order chi connectivity index (χ1) is 12.1. The van der Waals surface area contributed by atoms with Gasteiger partial charge in [0.2, 0.25) is 5.91 Å². The Morgan fingerprint density at radius 2 is 2.15 bits per heavy atom. The van der Waals surface area contributed by atoms with Crippen LogP contribution < -0.4 is 11.3 Å². The van der Waals surface area contributed by atoms with Crippen LogP contribution >= 0.6 is 23.1 Å². The number of aromatic nitrogens is 2. The van der Waals surface area contributed by atoms with Gasteiger partial charge in [0.25, 0.3) is 5.56 Å². The number of carbonyl (C=O) groups excluding carboxylic acids is 1. The number of aryl methyl sites for hydroxylation is 1. The second-order valence-electron chi connectivity index (χ2n) is 8.24. The fourth-order valence-corrected chi connectivity index (χ4v) is 6.14. The number of thiophene rings is 1. The quantitative estimate of drug-likeness (QED) is 0.636. The van der Waals surface area contributed by atoms with Crippen LogP contribution in [0.2, 0.25) is 0 Å². The molecule has 3 rings (SSSR count). The van der Waals surface area contributed by atoms with Gasteiger partial charge in [-0.3, -0.25) is 14.2 Å². The highest BCUT2D eigenvalue weighted by molar-refractivity contribution is 8.00. The van der Waals surface area contributed by atoms with Gasteiger partial charge in [-0.2, -0.15) is 0 Å². The Balaban J connectivity index is 2.15. The van der Waals surface area contributed by atoms with Crippen molar-refractivity contribution in [1.82, 2.24) is 9.55 Å². The summed E-state index contributed by atoms with van der Waals surface area (Å²) >= 11 is 2.95. The van der Waals surface area contributed by atoms with Crippen molar-refractivity contribution in [1.29, 1.82) is 0 Å². The third-order valence-electron chi connectivity index (χ3n) is 4.96. The van der Waals surface area contributed by atoms with Gasteiger partial charge < -0.3 is 5.73 Å². The van der Waals surface area contributed by atoms with E-state index in [1.54, 1.807) is 15.9 Å². The van der Waals surface area contributed by atoms with Gasteiger partial charge in [0.05, 0.1) is 10.6 Å². The number of thioether (sulfide) groups is 1. The summed E-state index contributed by atoms with van der Waals surface area (Å²) < 4.78 is 1.69. The zero-order chi connectivity index (χ0) is 19.2. The SMILES string of the molecule is CCn1c(S[C@@H](C(N)=O)C(C)(C)C)nc2sc3c(c2c1=O)CC[C@H](C)C3. The van der Waals surface area contributed by atoms with Crippen LogP contribution in [0, 0.1) is 11.3 Å². The molecule has 1 amide bonds. The van der Waals surface area contributed by atoms with Crippen LogP contribution in [0.15, 0.2) is 9.95 Å². The monoisotopic (exact) mass is 393 g/mol. The molecule has 0 unspecified atom stereocenters. The maximum atomic E-state index is 13.2. The van der Waals surface area contributed by atoms with Gasteiger partial charge in [0, 0.05) is 11.4 Å². The number of primary amides is 1. The lowest BCUT2D eigenvalue weighted by molar-refractivity contribution is -0.119. The maximum absolute atomic E-state index is 13.2. The minimum absolute atomic E-state index is 0.0178. The molecule has 142 valence electrons. The predicted molar refractivity (Wildman–Crippen MR) is 109 cm³/mol. The van der Waals surface area contributed by atoms with Gasteiger partial charge in [-0.05, 0) is 43.1 Å². The summed E-state index contributed by atoms with van der Waals surface area (Å²) in [6.07, 6.45) is 3.10. The van der Waals surface area contributed by atoms with E-state index in [-0.39, 0.29) is 16.9 Å². The third kappa shape index (κ3) is 3.43. The van der Waals surface area contributed by atoms with Crippen LogP contribution in [0.25, 0.3) is 10.2 Å². The van der Waals surface area contributed by atoms with Gasteiger partial charge in [0.15, 0.2) is 5.16 Å². The molecule has 7 heteroatoms. The summed E-state index contributed by atoms with van der Waals surface area (Å²) in [7, 11) is 0. The molecule has 0 radical (unpaired) electrons. The molecule has 26 heavy (non-hydrogen) atoms. The molecule has 0 fully saturated rings. The van der Waals surface area contributed by atoms with Crippen LogP contribution in [-0.4, -0.2) is 20.7 Å². The Kier molecular flexibility index (Phi) is 5.23. The van der Waals surface area contributed by atoms with Gasteiger partial charge in [-0.15, -0.1) is 11.3 Å². The smallest absolute Gasteiger partial charge is 0.263 e. The number of amides is 1. The first kappa shape index (κ1) is 19.4. The normalized spacial score (nSPS) is 18.7. The van der Waals surface area contributed by atoms with Crippen LogP contribution in [0.4, 0.5) is 0 Å². The van der Waals surface area contributed by atoms with Crippen molar-refractivity contribution < 1.29 is 4.79 Å². The van der Waals surface area contributed by atoms with Gasteiger partial charge >= 0.3 is 0 Å². The van der Waals surface area contributed by atoms with Crippen molar-refractivity contribution in [2.45, 2.75) is 70.8 Å². The van der Waals surface area contributed by atoms with Crippen LogP contribution in [0.1, 0.15) is 51.5 Å². The molecule has 2 atom stereocenters. The Hall–Kier alpha value is -1.34. The lowest BCUT2D eigenvalue weighted by Gasteiger charge is -2.27. The third-order valence-corrected chi connectivity index (χ3v) is 7.81. The fourth-order valence-electron chi connectivity index (χ4n) is 3.54. The zero-order valence-electron chi connectivity index (χ0n) is 16.1. The Labute approximate surface area is 162 Å². The average molecular weight is 394 g/mol. The molecule has 0 spiro atoms. The molecule has 0 saturated heterocycles. The minimum atomic E-state index is -0.445. The van der Waals surface area contributed by atoms with E-state index in [2.05, 4.69) is 6.92 Å². The van der Waals surface area contributed by atoms with Crippen LogP contribution in [0.3, 0.4) is 0 Å². The standard InChI is InChI=1S/C19H27N3O2S2/c1-6-22-17(24)13-11-8-7-10(2)9-12(11)25-16(13)21-18(22)26-14(15(20)23)19(3,4)5/h10,14H,6-9H2,1-5H3,(H2,20,23)/t10-,14-/m0/s1. The van der Waals surface area contributed by atoms with E-state index in [9.17, 15) is 9.59 Å². The predicted octanol–water partition coefficient (Wildman–Crippen LogP) is 3.59. The van der Waals surface area contributed by atoms with Crippen molar-refractivity contribution in [3.05, 3.63) is 20.8 Å². The average Bonchev–Trinajstić information content (AvgIpc) is 2.88. The number of nitrogens with zero attached hydrogens (tertiary/aromatic N) is 2. The molecule has 0 saturated carbocycles.